The molecule has 37 heavy (non-hydrogen) atoms. The molecule has 1 unspecified atom stereocenters. The number of carbonyl (C=O) groups excluding carboxylic acids is 2. The largest absolute Gasteiger partial charge is 0.384 e. The molecule has 8 heteroatoms. The van der Waals surface area contributed by atoms with E-state index in [4.69, 9.17) is 0 Å². The second-order valence-electron chi connectivity index (χ2n) is 8.66. The summed E-state index contributed by atoms with van der Waals surface area (Å²) in [5.41, 5.74) is 5.13. The van der Waals surface area contributed by atoms with Crippen molar-refractivity contribution >= 4 is 34.0 Å². The van der Waals surface area contributed by atoms with Crippen LogP contribution in [0.3, 0.4) is 0 Å². The second-order valence-corrected chi connectivity index (χ2v) is 8.66. The summed E-state index contributed by atoms with van der Waals surface area (Å²) in [4.78, 5) is 28.7. The third kappa shape index (κ3) is 5.24. The van der Waals surface area contributed by atoms with Crippen LogP contribution in [0.1, 0.15) is 50.6 Å². The lowest BCUT2D eigenvalue weighted by molar-refractivity contribution is 0.101. The van der Waals surface area contributed by atoms with Gasteiger partial charge in [-0.1, -0.05) is 36.4 Å². The smallest absolute Gasteiger partial charge is 0.274 e. The van der Waals surface area contributed by atoms with Crippen molar-refractivity contribution in [3.05, 3.63) is 119 Å². The molecule has 0 saturated carbocycles. The first-order valence-corrected chi connectivity index (χ1v) is 11.8. The normalized spacial score (nSPS) is 11.7. The SMILES string of the molecule is CC(=O)c1ccc(NC(=O)c2[nH]ncc2CNc2ccccc2C(O)c2ccc3cccnc3c2)cc1. The minimum Gasteiger partial charge on any atom is -0.384 e. The number of aliphatic hydroxyl groups is 1. The van der Waals surface area contributed by atoms with Crippen LogP contribution in [0.4, 0.5) is 11.4 Å². The average Bonchev–Trinajstić information content (AvgIpc) is 3.40. The van der Waals surface area contributed by atoms with Crippen LogP contribution in [-0.4, -0.2) is 32.0 Å². The molecule has 5 rings (SSSR count). The first-order chi connectivity index (χ1) is 18.0. The predicted molar refractivity (Wildman–Crippen MR) is 143 cm³/mol. The number of anilines is 2. The predicted octanol–water partition coefficient (Wildman–Crippen LogP) is 5.11. The third-order valence-corrected chi connectivity index (χ3v) is 6.16. The molecule has 0 bridgehead atoms. The molecule has 0 spiro atoms. The standard InChI is InChI=1S/C29H25N5O3/c1-18(35)19-10-12-23(13-11-19)33-29(37)27-22(17-32-34-27)16-31-25-7-3-2-6-24(25)28(36)21-9-8-20-5-4-14-30-26(20)15-21/h2-15,17,28,31,36H,16H2,1H3,(H,32,34)(H,33,37). The Kier molecular flexibility index (Phi) is 6.74. The van der Waals surface area contributed by atoms with Gasteiger partial charge in [0, 0.05) is 46.2 Å². The molecule has 0 aliphatic rings. The summed E-state index contributed by atoms with van der Waals surface area (Å²) in [7, 11) is 0. The number of H-pyrrole nitrogens is 1. The van der Waals surface area contributed by atoms with E-state index in [0.29, 0.717) is 34.6 Å². The zero-order chi connectivity index (χ0) is 25.8. The molecule has 3 aromatic carbocycles. The van der Waals surface area contributed by atoms with E-state index in [1.807, 2.05) is 54.6 Å². The van der Waals surface area contributed by atoms with Crippen molar-refractivity contribution in [3.63, 3.8) is 0 Å². The Morgan fingerprint density at radius 3 is 2.62 bits per heavy atom. The Labute approximate surface area is 213 Å². The van der Waals surface area contributed by atoms with Crippen LogP contribution in [0.2, 0.25) is 0 Å². The summed E-state index contributed by atoms with van der Waals surface area (Å²) in [5.74, 6) is -0.385. The Morgan fingerprint density at radius 2 is 1.81 bits per heavy atom. The lowest BCUT2D eigenvalue weighted by atomic mass is 9.98. The summed E-state index contributed by atoms with van der Waals surface area (Å²) in [6, 6.07) is 23.8. The molecular formula is C29H25N5O3. The Hall–Kier alpha value is -4.82. The van der Waals surface area contributed by atoms with E-state index < -0.39 is 6.10 Å². The van der Waals surface area contributed by atoms with Crippen molar-refractivity contribution in [1.29, 1.82) is 0 Å². The van der Waals surface area contributed by atoms with Gasteiger partial charge in [0.2, 0.25) is 0 Å². The highest BCUT2D eigenvalue weighted by Crippen LogP contribution is 2.30. The van der Waals surface area contributed by atoms with Crippen molar-refractivity contribution in [1.82, 2.24) is 15.2 Å². The van der Waals surface area contributed by atoms with Crippen LogP contribution in [0.5, 0.6) is 0 Å². The molecule has 8 nitrogen and oxygen atoms in total. The number of benzene rings is 3. The number of nitrogens with one attached hydrogen (secondary N) is 3. The van der Waals surface area contributed by atoms with E-state index in [0.717, 1.165) is 22.2 Å². The molecule has 0 saturated heterocycles. The van der Waals surface area contributed by atoms with Gasteiger partial charge in [-0.05, 0) is 55.0 Å². The fourth-order valence-corrected chi connectivity index (χ4v) is 4.14. The van der Waals surface area contributed by atoms with Crippen LogP contribution >= 0.6 is 0 Å². The van der Waals surface area contributed by atoms with E-state index in [-0.39, 0.29) is 11.7 Å². The molecule has 1 amide bonds. The molecule has 2 heterocycles. The Bertz CT molecular complexity index is 1580. The molecule has 1 atom stereocenters. The van der Waals surface area contributed by atoms with Gasteiger partial charge in [-0.3, -0.25) is 19.7 Å². The topological polar surface area (TPSA) is 120 Å². The number of aliphatic hydroxyl groups excluding tert-OH is 1. The van der Waals surface area contributed by atoms with Gasteiger partial charge < -0.3 is 15.7 Å². The fourth-order valence-electron chi connectivity index (χ4n) is 4.14. The summed E-state index contributed by atoms with van der Waals surface area (Å²) in [6.45, 7) is 1.80. The maximum atomic E-state index is 12.9. The van der Waals surface area contributed by atoms with Gasteiger partial charge in [0.25, 0.3) is 5.91 Å². The third-order valence-electron chi connectivity index (χ3n) is 6.16. The number of Topliss-reactive ketones (excluding diaryl/α,β-unsaturated/α-hetero) is 1. The minimum absolute atomic E-state index is 0.0394. The van der Waals surface area contributed by atoms with E-state index in [9.17, 15) is 14.7 Å². The molecule has 4 N–H and O–H groups in total. The van der Waals surface area contributed by atoms with Gasteiger partial charge in [-0.25, -0.2) is 0 Å². The first-order valence-electron chi connectivity index (χ1n) is 11.8. The van der Waals surface area contributed by atoms with Gasteiger partial charge >= 0.3 is 0 Å². The number of carbonyl (C=O) groups is 2. The molecule has 0 aliphatic heterocycles. The lowest BCUT2D eigenvalue weighted by Crippen LogP contribution is -2.16. The van der Waals surface area contributed by atoms with Crippen molar-refractivity contribution < 1.29 is 14.7 Å². The number of fused-ring (bicyclic) bond motifs is 1. The van der Waals surface area contributed by atoms with E-state index >= 15 is 0 Å². The zero-order valence-electron chi connectivity index (χ0n) is 20.1. The minimum atomic E-state index is -0.861. The number of pyridine rings is 1. The highest BCUT2D eigenvalue weighted by Gasteiger charge is 2.18. The average molecular weight is 492 g/mol. The van der Waals surface area contributed by atoms with Crippen LogP contribution < -0.4 is 10.6 Å². The van der Waals surface area contributed by atoms with E-state index in [1.165, 1.54) is 6.92 Å². The number of amides is 1. The monoisotopic (exact) mass is 491 g/mol. The molecule has 0 radical (unpaired) electrons. The zero-order valence-corrected chi connectivity index (χ0v) is 20.1. The molecule has 5 aromatic rings. The molecule has 2 aromatic heterocycles. The molecular weight excluding hydrogens is 466 g/mol. The fraction of sp³-hybridized carbons (Fsp3) is 0.103. The van der Waals surface area contributed by atoms with Crippen LogP contribution in [-0.2, 0) is 6.54 Å². The number of ketones is 1. The summed E-state index contributed by atoms with van der Waals surface area (Å²) in [5, 5.41) is 25.1. The van der Waals surface area contributed by atoms with E-state index in [1.54, 1.807) is 36.7 Å². The maximum Gasteiger partial charge on any atom is 0.274 e. The van der Waals surface area contributed by atoms with Gasteiger partial charge in [0.05, 0.1) is 11.7 Å². The molecule has 0 fully saturated rings. The Balaban J connectivity index is 1.31. The Morgan fingerprint density at radius 1 is 1.00 bits per heavy atom. The van der Waals surface area contributed by atoms with Gasteiger partial charge in [-0.15, -0.1) is 0 Å². The van der Waals surface area contributed by atoms with Crippen molar-refractivity contribution in [2.45, 2.75) is 19.6 Å². The van der Waals surface area contributed by atoms with Gasteiger partial charge in [0.1, 0.15) is 11.8 Å². The lowest BCUT2D eigenvalue weighted by Gasteiger charge is -2.17. The van der Waals surface area contributed by atoms with Crippen molar-refractivity contribution in [2.24, 2.45) is 0 Å². The number of para-hydroxylation sites is 1. The summed E-state index contributed by atoms with van der Waals surface area (Å²) < 4.78 is 0. The van der Waals surface area contributed by atoms with E-state index in [2.05, 4.69) is 25.8 Å². The quantitative estimate of drug-likeness (QED) is 0.224. The van der Waals surface area contributed by atoms with Crippen LogP contribution in [0.25, 0.3) is 10.9 Å². The first kappa shape index (κ1) is 23.9. The number of hydrogen-bond acceptors (Lipinski definition) is 6. The number of nitrogens with zero attached hydrogens (tertiary/aromatic N) is 2. The number of aromatic amines is 1. The van der Waals surface area contributed by atoms with Gasteiger partial charge in [-0.2, -0.15) is 5.10 Å². The second kappa shape index (κ2) is 10.4. The number of aromatic nitrogens is 3. The van der Waals surface area contributed by atoms with Crippen LogP contribution in [0, 0.1) is 0 Å². The number of rotatable bonds is 8. The molecule has 184 valence electrons. The maximum absolute atomic E-state index is 12.9. The van der Waals surface area contributed by atoms with Crippen LogP contribution in [0.15, 0.2) is 91.3 Å². The number of hydrogen-bond donors (Lipinski definition) is 4. The summed E-state index contributed by atoms with van der Waals surface area (Å²) in [6.07, 6.45) is 2.46. The highest BCUT2D eigenvalue weighted by atomic mass is 16.3. The summed E-state index contributed by atoms with van der Waals surface area (Å²) >= 11 is 0. The van der Waals surface area contributed by atoms with Gasteiger partial charge in [0.15, 0.2) is 5.78 Å². The van der Waals surface area contributed by atoms with Crippen molar-refractivity contribution in [3.8, 4) is 0 Å². The van der Waals surface area contributed by atoms with Crippen molar-refractivity contribution in [2.75, 3.05) is 10.6 Å². The highest BCUT2D eigenvalue weighted by molar-refractivity contribution is 6.04. The molecule has 0 aliphatic carbocycles.